The average molecular weight is 502 g/mol. The lowest BCUT2D eigenvalue weighted by atomic mass is 10.1. The number of carbonyl (C=O) groups excluding carboxylic acids is 2. The molecule has 2 aromatic carbocycles. The first kappa shape index (κ1) is 24.3. The van der Waals surface area contributed by atoms with Gasteiger partial charge in [0.2, 0.25) is 10.0 Å². The van der Waals surface area contributed by atoms with Crippen LogP contribution in [0.2, 0.25) is 0 Å². The van der Waals surface area contributed by atoms with E-state index in [9.17, 15) is 18.0 Å². The number of benzene rings is 2. The molecule has 1 aliphatic heterocycles. The SMILES string of the molecule is COC(=O)Cn1c(=NC(=O)c2ccc(S(=O)(=O)N3CCCC[C@@H]3C)cc2)sc2cc(C)ccc21. The maximum absolute atomic E-state index is 13.0. The van der Waals surface area contributed by atoms with Crippen LogP contribution in [0.25, 0.3) is 10.2 Å². The Morgan fingerprint density at radius 3 is 2.56 bits per heavy atom. The number of rotatable bonds is 5. The third-order valence-corrected chi connectivity index (χ3v) is 9.07. The van der Waals surface area contributed by atoms with Crippen LogP contribution in [-0.4, -0.2) is 48.9 Å². The minimum Gasteiger partial charge on any atom is -0.468 e. The number of fused-ring (bicyclic) bond motifs is 1. The molecule has 1 saturated heterocycles. The van der Waals surface area contributed by atoms with Gasteiger partial charge in [0.1, 0.15) is 6.54 Å². The van der Waals surface area contributed by atoms with Crippen LogP contribution in [0.15, 0.2) is 52.4 Å². The maximum atomic E-state index is 13.0. The molecule has 180 valence electrons. The molecule has 0 saturated carbocycles. The second kappa shape index (κ2) is 9.81. The number of hydrogen-bond donors (Lipinski definition) is 0. The lowest BCUT2D eigenvalue weighted by Gasteiger charge is -2.32. The van der Waals surface area contributed by atoms with Crippen molar-refractivity contribution in [3.05, 3.63) is 58.4 Å². The van der Waals surface area contributed by atoms with Crippen molar-refractivity contribution in [2.75, 3.05) is 13.7 Å². The highest BCUT2D eigenvalue weighted by Crippen LogP contribution is 2.25. The van der Waals surface area contributed by atoms with Gasteiger partial charge in [-0.15, -0.1) is 0 Å². The van der Waals surface area contributed by atoms with E-state index >= 15 is 0 Å². The number of piperidine rings is 1. The Morgan fingerprint density at radius 2 is 1.88 bits per heavy atom. The van der Waals surface area contributed by atoms with E-state index in [0.29, 0.717) is 11.3 Å². The summed E-state index contributed by atoms with van der Waals surface area (Å²) in [6, 6.07) is 11.6. The van der Waals surface area contributed by atoms with Gasteiger partial charge in [-0.2, -0.15) is 9.30 Å². The summed E-state index contributed by atoms with van der Waals surface area (Å²) in [5, 5.41) is 0. The van der Waals surface area contributed by atoms with Crippen LogP contribution in [0.1, 0.15) is 42.1 Å². The summed E-state index contributed by atoms with van der Waals surface area (Å²) in [6.07, 6.45) is 2.71. The number of esters is 1. The van der Waals surface area contributed by atoms with Gasteiger partial charge in [0, 0.05) is 18.2 Å². The number of aryl methyl sites for hydroxylation is 1. The minimum atomic E-state index is -3.62. The number of carbonyl (C=O) groups is 2. The van der Waals surface area contributed by atoms with E-state index in [-0.39, 0.29) is 23.0 Å². The molecular weight excluding hydrogens is 474 g/mol. The molecule has 0 radical (unpaired) electrons. The van der Waals surface area contributed by atoms with Crippen LogP contribution in [0.4, 0.5) is 0 Å². The fourth-order valence-corrected chi connectivity index (χ4v) is 6.92. The fourth-order valence-electron chi connectivity index (χ4n) is 4.10. The highest BCUT2D eigenvalue weighted by atomic mass is 32.2. The summed E-state index contributed by atoms with van der Waals surface area (Å²) >= 11 is 1.31. The van der Waals surface area contributed by atoms with Crippen LogP contribution < -0.4 is 4.80 Å². The number of thiazole rings is 1. The van der Waals surface area contributed by atoms with E-state index in [0.717, 1.165) is 35.0 Å². The number of nitrogens with zero attached hydrogens (tertiary/aromatic N) is 3. The van der Waals surface area contributed by atoms with Gasteiger partial charge in [-0.05, 0) is 68.7 Å². The topological polar surface area (TPSA) is 98.0 Å². The summed E-state index contributed by atoms with van der Waals surface area (Å²) in [5.41, 5.74) is 2.10. The van der Waals surface area contributed by atoms with Crippen molar-refractivity contribution in [2.45, 2.75) is 50.6 Å². The van der Waals surface area contributed by atoms with E-state index in [1.807, 2.05) is 32.0 Å². The van der Waals surface area contributed by atoms with Crippen LogP contribution >= 0.6 is 11.3 Å². The van der Waals surface area contributed by atoms with Gasteiger partial charge in [0.25, 0.3) is 5.91 Å². The lowest BCUT2D eigenvalue weighted by Crippen LogP contribution is -2.41. The van der Waals surface area contributed by atoms with Crippen molar-refractivity contribution >= 4 is 43.5 Å². The molecule has 2 heterocycles. The normalized spacial score (nSPS) is 17.7. The second-order valence-corrected chi connectivity index (χ2v) is 11.3. The number of hydrogen-bond acceptors (Lipinski definition) is 6. The maximum Gasteiger partial charge on any atom is 0.325 e. The van der Waals surface area contributed by atoms with Gasteiger partial charge in [-0.1, -0.05) is 23.8 Å². The van der Waals surface area contributed by atoms with Crippen molar-refractivity contribution in [2.24, 2.45) is 4.99 Å². The van der Waals surface area contributed by atoms with Gasteiger partial charge in [0.05, 0.1) is 22.2 Å². The quantitative estimate of drug-likeness (QED) is 0.499. The highest BCUT2D eigenvalue weighted by molar-refractivity contribution is 7.89. The largest absolute Gasteiger partial charge is 0.468 e. The van der Waals surface area contributed by atoms with Crippen LogP contribution in [0.3, 0.4) is 0 Å². The summed E-state index contributed by atoms with van der Waals surface area (Å²) in [5.74, 6) is -0.965. The van der Waals surface area contributed by atoms with Crippen molar-refractivity contribution in [3.63, 3.8) is 0 Å². The van der Waals surface area contributed by atoms with E-state index in [4.69, 9.17) is 4.74 Å². The second-order valence-electron chi connectivity index (χ2n) is 8.42. The third-order valence-electron chi connectivity index (χ3n) is 6.00. The summed E-state index contributed by atoms with van der Waals surface area (Å²) in [7, 11) is -2.31. The molecular formula is C24H27N3O5S2. The van der Waals surface area contributed by atoms with E-state index < -0.39 is 21.9 Å². The van der Waals surface area contributed by atoms with Crippen LogP contribution in [-0.2, 0) is 26.1 Å². The van der Waals surface area contributed by atoms with Gasteiger partial charge in [-0.3, -0.25) is 9.59 Å². The Kier molecular flexibility index (Phi) is 7.01. The average Bonchev–Trinajstić information content (AvgIpc) is 3.14. The molecule has 0 aliphatic carbocycles. The van der Waals surface area contributed by atoms with Crippen molar-refractivity contribution < 1.29 is 22.7 Å². The first-order valence-electron chi connectivity index (χ1n) is 11.1. The summed E-state index contributed by atoms with van der Waals surface area (Å²) in [6.45, 7) is 4.32. The molecule has 8 nitrogen and oxygen atoms in total. The number of methoxy groups -OCH3 is 1. The molecule has 3 aromatic rings. The van der Waals surface area contributed by atoms with E-state index in [1.165, 1.54) is 47.0 Å². The molecule has 0 spiro atoms. The minimum absolute atomic E-state index is 0.0445. The molecule has 4 rings (SSSR count). The molecule has 1 aromatic heterocycles. The Morgan fingerprint density at radius 1 is 1.15 bits per heavy atom. The van der Waals surface area contributed by atoms with Gasteiger partial charge in [-0.25, -0.2) is 8.42 Å². The summed E-state index contributed by atoms with van der Waals surface area (Å²) in [4.78, 5) is 29.7. The number of aromatic nitrogens is 1. The predicted molar refractivity (Wildman–Crippen MR) is 130 cm³/mol. The molecule has 34 heavy (non-hydrogen) atoms. The lowest BCUT2D eigenvalue weighted by molar-refractivity contribution is -0.141. The number of amides is 1. The molecule has 0 N–H and O–H groups in total. The zero-order valence-electron chi connectivity index (χ0n) is 19.4. The number of sulfonamides is 1. The van der Waals surface area contributed by atoms with Crippen molar-refractivity contribution in [1.29, 1.82) is 0 Å². The molecule has 1 fully saturated rings. The van der Waals surface area contributed by atoms with E-state index in [1.54, 1.807) is 4.57 Å². The van der Waals surface area contributed by atoms with E-state index in [2.05, 4.69) is 4.99 Å². The Bertz CT molecular complexity index is 1400. The van der Waals surface area contributed by atoms with Crippen molar-refractivity contribution in [3.8, 4) is 0 Å². The predicted octanol–water partition coefficient (Wildman–Crippen LogP) is 3.49. The molecule has 1 amide bonds. The summed E-state index contributed by atoms with van der Waals surface area (Å²) < 4.78 is 35.0. The molecule has 0 unspecified atom stereocenters. The fraction of sp³-hybridized carbons (Fsp3) is 0.375. The van der Waals surface area contributed by atoms with Gasteiger partial charge in [0.15, 0.2) is 4.80 Å². The van der Waals surface area contributed by atoms with Crippen LogP contribution in [0.5, 0.6) is 0 Å². The molecule has 1 aliphatic rings. The Balaban J connectivity index is 1.67. The zero-order valence-corrected chi connectivity index (χ0v) is 21.0. The van der Waals surface area contributed by atoms with Crippen molar-refractivity contribution in [1.82, 2.24) is 8.87 Å². The Labute approximate surface area is 202 Å². The monoisotopic (exact) mass is 501 g/mol. The van der Waals surface area contributed by atoms with Gasteiger partial charge < -0.3 is 9.30 Å². The first-order valence-corrected chi connectivity index (χ1v) is 13.3. The standard InChI is InChI=1S/C24H27N3O5S2/c1-16-7-12-20-21(14-16)33-24(26(20)15-22(28)32-3)25-23(29)18-8-10-19(11-9-18)34(30,31)27-13-5-4-6-17(27)2/h7-12,14,17H,4-6,13,15H2,1-3H3/t17-/m0/s1. The van der Waals surface area contributed by atoms with Crippen LogP contribution in [0, 0.1) is 6.92 Å². The molecule has 10 heteroatoms. The van der Waals surface area contributed by atoms with Gasteiger partial charge >= 0.3 is 5.97 Å². The number of ether oxygens (including phenoxy) is 1. The first-order chi connectivity index (χ1) is 16.2. The third kappa shape index (κ3) is 4.84. The zero-order chi connectivity index (χ0) is 24.5. The molecule has 1 atom stereocenters. The highest BCUT2D eigenvalue weighted by Gasteiger charge is 2.30. The smallest absolute Gasteiger partial charge is 0.325 e. The molecule has 0 bridgehead atoms. The Hall–Kier alpha value is -2.82.